The lowest BCUT2D eigenvalue weighted by atomic mass is 10.0. The summed E-state index contributed by atoms with van der Waals surface area (Å²) < 4.78 is 0. The molecule has 0 saturated heterocycles. The highest BCUT2D eigenvalue weighted by atomic mass is 15.1. The third kappa shape index (κ3) is 4.39. The van der Waals surface area contributed by atoms with Gasteiger partial charge in [0.25, 0.3) is 0 Å². The van der Waals surface area contributed by atoms with E-state index in [1.54, 1.807) is 0 Å². The molecule has 0 aliphatic heterocycles. The van der Waals surface area contributed by atoms with E-state index in [1.807, 2.05) is 12.1 Å². The lowest BCUT2D eigenvalue weighted by molar-refractivity contribution is 0.221. The van der Waals surface area contributed by atoms with Crippen molar-refractivity contribution in [2.75, 3.05) is 19.3 Å². The van der Waals surface area contributed by atoms with Crippen molar-refractivity contribution in [2.45, 2.75) is 39.7 Å². The first-order valence-corrected chi connectivity index (χ1v) is 6.60. The van der Waals surface area contributed by atoms with Crippen LogP contribution >= 0.6 is 0 Å². The van der Waals surface area contributed by atoms with E-state index in [4.69, 9.17) is 5.73 Å². The van der Waals surface area contributed by atoms with Gasteiger partial charge >= 0.3 is 0 Å². The van der Waals surface area contributed by atoms with Gasteiger partial charge in [-0.05, 0) is 44.0 Å². The quantitative estimate of drug-likeness (QED) is 0.760. The first kappa shape index (κ1) is 14.0. The molecule has 0 heterocycles. The number of benzene rings is 1. The molecule has 1 rings (SSSR count). The number of hydrogen-bond acceptors (Lipinski definition) is 2. The summed E-state index contributed by atoms with van der Waals surface area (Å²) in [7, 11) is 2.19. The van der Waals surface area contributed by atoms with Crippen molar-refractivity contribution in [1.82, 2.24) is 4.90 Å². The van der Waals surface area contributed by atoms with E-state index in [-0.39, 0.29) is 0 Å². The molecule has 0 aromatic heterocycles. The van der Waals surface area contributed by atoms with Crippen molar-refractivity contribution in [3.63, 3.8) is 0 Å². The Morgan fingerprint density at radius 2 is 2.00 bits per heavy atom. The Morgan fingerprint density at radius 1 is 1.29 bits per heavy atom. The third-order valence-corrected chi connectivity index (χ3v) is 3.44. The Kier molecular flexibility index (Phi) is 5.49. The van der Waals surface area contributed by atoms with Crippen LogP contribution in [-0.4, -0.2) is 18.5 Å². The molecular formula is C15H26N2. The molecule has 0 aliphatic carbocycles. The summed E-state index contributed by atoms with van der Waals surface area (Å²) in [5, 5.41) is 0. The van der Waals surface area contributed by atoms with E-state index in [0.717, 1.165) is 18.2 Å². The SMILES string of the molecule is CCCC(C)CN(C)C(C)c1cccc(N)c1. The summed E-state index contributed by atoms with van der Waals surface area (Å²) >= 11 is 0. The molecule has 0 saturated carbocycles. The zero-order chi connectivity index (χ0) is 12.8. The normalized spacial score (nSPS) is 14.9. The van der Waals surface area contributed by atoms with Crippen molar-refractivity contribution < 1.29 is 0 Å². The van der Waals surface area contributed by atoms with Gasteiger partial charge in [-0.3, -0.25) is 4.90 Å². The van der Waals surface area contributed by atoms with Crippen LogP contribution in [0.2, 0.25) is 0 Å². The van der Waals surface area contributed by atoms with Crippen LogP contribution in [0.4, 0.5) is 5.69 Å². The first-order valence-electron chi connectivity index (χ1n) is 6.60. The molecule has 0 aliphatic rings. The molecule has 0 radical (unpaired) electrons. The zero-order valence-electron chi connectivity index (χ0n) is 11.6. The van der Waals surface area contributed by atoms with E-state index in [2.05, 4.69) is 44.9 Å². The van der Waals surface area contributed by atoms with Crippen LogP contribution in [0.5, 0.6) is 0 Å². The van der Waals surface area contributed by atoms with Gasteiger partial charge < -0.3 is 5.73 Å². The molecule has 2 nitrogen and oxygen atoms in total. The molecule has 0 bridgehead atoms. The van der Waals surface area contributed by atoms with Crippen molar-refractivity contribution in [2.24, 2.45) is 5.92 Å². The highest BCUT2D eigenvalue weighted by molar-refractivity contribution is 5.41. The fourth-order valence-corrected chi connectivity index (χ4v) is 2.31. The Labute approximate surface area is 106 Å². The lowest BCUT2D eigenvalue weighted by Crippen LogP contribution is -2.27. The largest absolute Gasteiger partial charge is 0.399 e. The van der Waals surface area contributed by atoms with Gasteiger partial charge in [-0.1, -0.05) is 32.4 Å². The van der Waals surface area contributed by atoms with Crippen molar-refractivity contribution in [3.05, 3.63) is 29.8 Å². The van der Waals surface area contributed by atoms with Crippen LogP contribution in [0, 0.1) is 5.92 Å². The fourth-order valence-electron chi connectivity index (χ4n) is 2.31. The maximum Gasteiger partial charge on any atom is 0.0317 e. The molecule has 0 amide bonds. The summed E-state index contributed by atoms with van der Waals surface area (Å²) in [5.41, 5.74) is 7.98. The first-order chi connectivity index (χ1) is 8.04. The molecule has 96 valence electrons. The molecule has 2 unspecified atom stereocenters. The minimum Gasteiger partial charge on any atom is -0.399 e. The molecule has 1 aromatic carbocycles. The van der Waals surface area contributed by atoms with Crippen molar-refractivity contribution in [3.8, 4) is 0 Å². The Balaban J connectivity index is 2.60. The summed E-state index contributed by atoms with van der Waals surface area (Å²) in [6.45, 7) is 7.96. The van der Waals surface area contributed by atoms with Crippen LogP contribution in [0.15, 0.2) is 24.3 Å². The number of nitrogen functional groups attached to an aromatic ring is 1. The van der Waals surface area contributed by atoms with Crippen LogP contribution in [0.25, 0.3) is 0 Å². The highest BCUT2D eigenvalue weighted by Crippen LogP contribution is 2.22. The van der Waals surface area contributed by atoms with E-state index in [9.17, 15) is 0 Å². The minimum absolute atomic E-state index is 0.429. The predicted octanol–water partition coefficient (Wildman–Crippen LogP) is 3.70. The van der Waals surface area contributed by atoms with E-state index in [1.165, 1.54) is 18.4 Å². The monoisotopic (exact) mass is 234 g/mol. The van der Waals surface area contributed by atoms with Gasteiger partial charge in [0.15, 0.2) is 0 Å². The second-order valence-electron chi connectivity index (χ2n) is 5.18. The zero-order valence-corrected chi connectivity index (χ0v) is 11.6. The molecule has 2 atom stereocenters. The second kappa shape index (κ2) is 6.65. The van der Waals surface area contributed by atoms with Gasteiger partial charge in [0.05, 0.1) is 0 Å². The molecule has 0 fully saturated rings. The van der Waals surface area contributed by atoms with Gasteiger partial charge in [0, 0.05) is 18.3 Å². The van der Waals surface area contributed by atoms with E-state index < -0.39 is 0 Å². The van der Waals surface area contributed by atoms with Gasteiger partial charge in [0.1, 0.15) is 0 Å². The minimum atomic E-state index is 0.429. The molecule has 0 spiro atoms. The molecular weight excluding hydrogens is 208 g/mol. The Morgan fingerprint density at radius 3 is 2.59 bits per heavy atom. The van der Waals surface area contributed by atoms with E-state index >= 15 is 0 Å². The Bertz CT molecular complexity index is 335. The lowest BCUT2D eigenvalue weighted by Gasteiger charge is -2.28. The predicted molar refractivity (Wildman–Crippen MR) is 76.0 cm³/mol. The summed E-state index contributed by atoms with van der Waals surface area (Å²) in [6, 6.07) is 8.63. The summed E-state index contributed by atoms with van der Waals surface area (Å²) in [4.78, 5) is 2.41. The maximum absolute atomic E-state index is 5.83. The highest BCUT2D eigenvalue weighted by Gasteiger charge is 2.14. The van der Waals surface area contributed by atoms with Crippen LogP contribution < -0.4 is 5.73 Å². The van der Waals surface area contributed by atoms with Gasteiger partial charge in [-0.15, -0.1) is 0 Å². The topological polar surface area (TPSA) is 29.3 Å². The van der Waals surface area contributed by atoms with E-state index in [0.29, 0.717) is 6.04 Å². The third-order valence-electron chi connectivity index (χ3n) is 3.44. The second-order valence-corrected chi connectivity index (χ2v) is 5.18. The number of anilines is 1. The summed E-state index contributed by atoms with van der Waals surface area (Å²) in [6.07, 6.45) is 2.57. The average Bonchev–Trinajstić information content (AvgIpc) is 2.28. The van der Waals surface area contributed by atoms with Gasteiger partial charge in [-0.25, -0.2) is 0 Å². The van der Waals surface area contributed by atoms with Crippen molar-refractivity contribution >= 4 is 5.69 Å². The smallest absolute Gasteiger partial charge is 0.0317 e. The standard InChI is InChI=1S/C15H26N2/c1-5-7-12(2)11-17(4)13(3)14-8-6-9-15(16)10-14/h6,8-10,12-13H,5,7,11,16H2,1-4H3. The average molecular weight is 234 g/mol. The maximum atomic E-state index is 5.83. The fraction of sp³-hybridized carbons (Fsp3) is 0.600. The number of rotatable bonds is 6. The van der Waals surface area contributed by atoms with Gasteiger partial charge in [-0.2, -0.15) is 0 Å². The molecule has 17 heavy (non-hydrogen) atoms. The molecule has 2 heteroatoms. The van der Waals surface area contributed by atoms with Crippen molar-refractivity contribution in [1.29, 1.82) is 0 Å². The summed E-state index contributed by atoms with van der Waals surface area (Å²) in [5.74, 6) is 0.758. The molecule has 1 aromatic rings. The van der Waals surface area contributed by atoms with Crippen LogP contribution in [0.3, 0.4) is 0 Å². The number of nitrogens with zero attached hydrogens (tertiary/aromatic N) is 1. The molecule has 2 N–H and O–H groups in total. The Hall–Kier alpha value is -1.02. The van der Waals surface area contributed by atoms with Crippen LogP contribution in [0.1, 0.15) is 45.2 Å². The van der Waals surface area contributed by atoms with Gasteiger partial charge in [0.2, 0.25) is 0 Å². The number of hydrogen-bond donors (Lipinski definition) is 1. The van der Waals surface area contributed by atoms with Crippen LogP contribution in [-0.2, 0) is 0 Å². The number of nitrogens with two attached hydrogens (primary N) is 1.